The van der Waals surface area contributed by atoms with Gasteiger partial charge in [0.2, 0.25) is 0 Å². The highest BCUT2D eigenvalue weighted by Gasteiger charge is 2.10. The molecule has 0 atom stereocenters. The Hall–Kier alpha value is -2.64. The van der Waals surface area contributed by atoms with Crippen molar-refractivity contribution in [2.24, 2.45) is 0 Å². The van der Waals surface area contributed by atoms with Crippen molar-refractivity contribution in [3.05, 3.63) is 65.1 Å². The number of phenols is 1. The second kappa shape index (κ2) is 8.16. The molecule has 0 saturated carbocycles. The second-order valence-corrected chi connectivity index (χ2v) is 6.61. The number of hydrogen-bond acceptors (Lipinski definition) is 4. The molecule has 3 rings (SSSR count). The summed E-state index contributed by atoms with van der Waals surface area (Å²) in [4.78, 5) is 12.0. The minimum absolute atomic E-state index is 0.0421. The zero-order chi connectivity index (χ0) is 18.5. The molecule has 7 heteroatoms. The molecule has 5 nitrogen and oxygen atoms in total. The SMILES string of the molecule is O=C(COc1ccc2ccccc2c1Br)NC(=S)Nc1ccccc1O. The van der Waals surface area contributed by atoms with Crippen molar-refractivity contribution in [1.29, 1.82) is 0 Å². The Labute approximate surface area is 164 Å². The third-order valence-corrected chi connectivity index (χ3v) is 4.61. The summed E-state index contributed by atoms with van der Waals surface area (Å²) in [6.07, 6.45) is 0. The van der Waals surface area contributed by atoms with Crippen LogP contribution in [0.15, 0.2) is 65.1 Å². The van der Waals surface area contributed by atoms with Gasteiger partial charge in [-0.3, -0.25) is 10.1 Å². The predicted molar refractivity (Wildman–Crippen MR) is 110 cm³/mol. The van der Waals surface area contributed by atoms with Crippen molar-refractivity contribution >= 4 is 55.6 Å². The molecule has 0 aliphatic carbocycles. The van der Waals surface area contributed by atoms with E-state index in [4.69, 9.17) is 17.0 Å². The van der Waals surface area contributed by atoms with Gasteiger partial charge in [-0.1, -0.05) is 42.5 Å². The number of benzene rings is 3. The lowest BCUT2D eigenvalue weighted by Gasteiger charge is -2.12. The van der Waals surface area contributed by atoms with Crippen LogP contribution >= 0.6 is 28.1 Å². The molecule has 3 N–H and O–H groups in total. The first kappa shape index (κ1) is 18.2. The van der Waals surface area contributed by atoms with Crippen molar-refractivity contribution in [2.45, 2.75) is 0 Å². The van der Waals surface area contributed by atoms with Gasteiger partial charge in [0.1, 0.15) is 11.5 Å². The van der Waals surface area contributed by atoms with Crippen LogP contribution in [0, 0.1) is 0 Å². The van der Waals surface area contributed by atoms with Gasteiger partial charge >= 0.3 is 0 Å². The van der Waals surface area contributed by atoms with Gasteiger partial charge in [-0.05, 0) is 57.1 Å². The Morgan fingerprint density at radius 3 is 2.62 bits per heavy atom. The number of nitrogens with one attached hydrogen (secondary N) is 2. The number of aromatic hydroxyl groups is 1. The van der Waals surface area contributed by atoms with Crippen molar-refractivity contribution < 1.29 is 14.6 Å². The average Bonchev–Trinajstić information content (AvgIpc) is 2.63. The molecule has 3 aromatic carbocycles. The summed E-state index contributed by atoms with van der Waals surface area (Å²) < 4.78 is 6.38. The molecule has 0 aliphatic rings. The molecule has 0 unspecified atom stereocenters. The third-order valence-electron chi connectivity index (χ3n) is 3.59. The van der Waals surface area contributed by atoms with Crippen LogP contribution in [0.2, 0.25) is 0 Å². The Morgan fingerprint density at radius 1 is 1.08 bits per heavy atom. The van der Waals surface area contributed by atoms with Gasteiger partial charge in [-0.25, -0.2) is 0 Å². The molecule has 0 aromatic heterocycles. The molecule has 0 fully saturated rings. The maximum Gasteiger partial charge on any atom is 0.264 e. The van der Waals surface area contributed by atoms with Crippen LogP contribution in [0.25, 0.3) is 10.8 Å². The lowest BCUT2D eigenvalue weighted by atomic mass is 10.1. The fourth-order valence-electron chi connectivity index (χ4n) is 2.36. The number of thiocarbonyl (C=S) groups is 1. The number of anilines is 1. The van der Waals surface area contributed by atoms with E-state index in [2.05, 4.69) is 26.6 Å². The molecule has 26 heavy (non-hydrogen) atoms. The van der Waals surface area contributed by atoms with Crippen LogP contribution in [-0.4, -0.2) is 22.7 Å². The second-order valence-electron chi connectivity index (χ2n) is 5.41. The molecule has 0 spiro atoms. The van der Waals surface area contributed by atoms with Gasteiger partial charge in [0.15, 0.2) is 11.7 Å². The zero-order valence-corrected chi connectivity index (χ0v) is 15.9. The smallest absolute Gasteiger partial charge is 0.264 e. The zero-order valence-electron chi connectivity index (χ0n) is 13.5. The number of rotatable bonds is 4. The fraction of sp³-hybridized carbons (Fsp3) is 0.0526. The van der Waals surface area contributed by atoms with Crippen LogP contribution < -0.4 is 15.4 Å². The van der Waals surface area contributed by atoms with E-state index in [9.17, 15) is 9.90 Å². The number of phenolic OH excluding ortho intramolecular Hbond substituents is 1. The van der Waals surface area contributed by atoms with E-state index in [1.54, 1.807) is 24.3 Å². The minimum Gasteiger partial charge on any atom is -0.506 e. The highest BCUT2D eigenvalue weighted by molar-refractivity contribution is 9.10. The van der Waals surface area contributed by atoms with Gasteiger partial charge in [-0.15, -0.1) is 0 Å². The summed E-state index contributed by atoms with van der Waals surface area (Å²) in [7, 11) is 0. The standard InChI is InChI=1S/C19H15BrN2O3S/c20-18-13-6-2-1-5-12(13)9-10-16(18)25-11-17(24)22-19(26)21-14-7-3-4-8-15(14)23/h1-10,23H,11H2,(H2,21,22,24,26). The summed E-state index contributed by atoms with van der Waals surface area (Å²) in [5, 5.41) is 17.1. The van der Waals surface area contributed by atoms with E-state index < -0.39 is 5.91 Å². The summed E-state index contributed by atoms with van der Waals surface area (Å²) in [6, 6.07) is 18.2. The Kier molecular flexibility index (Phi) is 5.70. The lowest BCUT2D eigenvalue weighted by Crippen LogP contribution is -2.37. The van der Waals surface area contributed by atoms with Crippen LogP contribution in [0.5, 0.6) is 11.5 Å². The predicted octanol–water partition coefficient (Wildman–Crippen LogP) is 4.20. The normalized spacial score (nSPS) is 10.3. The van der Waals surface area contributed by atoms with Crippen molar-refractivity contribution in [2.75, 3.05) is 11.9 Å². The largest absolute Gasteiger partial charge is 0.506 e. The molecule has 3 aromatic rings. The number of amides is 1. The third kappa shape index (κ3) is 4.30. The maximum absolute atomic E-state index is 12.0. The number of halogens is 1. The van der Waals surface area contributed by atoms with E-state index in [0.717, 1.165) is 15.2 Å². The topological polar surface area (TPSA) is 70.6 Å². The van der Waals surface area contributed by atoms with Gasteiger partial charge < -0.3 is 15.2 Å². The van der Waals surface area contributed by atoms with Gasteiger partial charge in [-0.2, -0.15) is 0 Å². The summed E-state index contributed by atoms with van der Waals surface area (Å²) in [5.74, 6) is 0.205. The minimum atomic E-state index is -0.405. The molecule has 132 valence electrons. The average molecular weight is 431 g/mol. The molecule has 0 aliphatic heterocycles. The van der Waals surface area contributed by atoms with E-state index >= 15 is 0 Å². The molecule has 0 saturated heterocycles. The summed E-state index contributed by atoms with van der Waals surface area (Å²) >= 11 is 8.59. The number of ether oxygens (including phenoxy) is 1. The first-order valence-electron chi connectivity index (χ1n) is 7.73. The van der Waals surface area contributed by atoms with Crippen LogP contribution in [0.3, 0.4) is 0 Å². The first-order chi connectivity index (χ1) is 12.5. The number of carbonyl (C=O) groups is 1. The highest BCUT2D eigenvalue weighted by Crippen LogP contribution is 2.32. The molecular formula is C19H15BrN2O3S. The monoisotopic (exact) mass is 430 g/mol. The quantitative estimate of drug-likeness (QED) is 0.427. The maximum atomic E-state index is 12.0. The molecule has 0 radical (unpaired) electrons. The summed E-state index contributed by atoms with van der Waals surface area (Å²) in [6.45, 7) is -0.195. The number of hydrogen-bond donors (Lipinski definition) is 3. The van der Waals surface area contributed by atoms with Crippen molar-refractivity contribution in [3.63, 3.8) is 0 Å². The molecule has 1 amide bonds. The number of carbonyl (C=O) groups excluding carboxylic acids is 1. The highest BCUT2D eigenvalue weighted by atomic mass is 79.9. The van der Waals surface area contributed by atoms with Crippen molar-refractivity contribution in [3.8, 4) is 11.5 Å². The van der Waals surface area contributed by atoms with E-state index in [1.165, 1.54) is 6.07 Å². The molecule has 0 heterocycles. The Balaban J connectivity index is 1.58. The van der Waals surface area contributed by atoms with Crippen LogP contribution in [0.1, 0.15) is 0 Å². The van der Waals surface area contributed by atoms with E-state index in [-0.39, 0.29) is 17.5 Å². The van der Waals surface area contributed by atoms with Gasteiger partial charge in [0.25, 0.3) is 5.91 Å². The van der Waals surface area contributed by atoms with Gasteiger partial charge in [0, 0.05) is 0 Å². The number of para-hydroxylation sites is 2. The van der Waals surface area contributed by atoms with E-state index in [0.29, 0.717) is 11.4 Å². The van der Waals surface area contributed by atoms with Crippen molar-refractivity contribution in [1.82, 2.24) is 5.32 Å². The lowest BCUT2D eigenvalue weighted by molar-refractivity contribution is -0.121. The molecule has 0 bridgehead atoms. The fourth-order valence-corrected chi connectivity index (χ4v) is 3.20. The Bertz CT molecular complexity index is 978. The van der Waals surface area contributed by atoms with E-state index in [1.807, 2.05) is 30.3 Å². The Morgan fingerprint density at radius 2 is 1.81 bits per heavy atom. The van der Waals surface area contributed by atoms with Gasteiger partial charge in [0.05, 0.1) is 10.2 Å². The van der Waals surface area contributed by atoms with Crippen LogP contribution in [0.4, 0.5) is 5.69 Å². The summed E-state index contributed by atoms with van der Waals surface area (Å²) in [5.41, 5.74) is 0.413. The van der Waals surface area contributed by atoms with Crippen LogP contribution in [-0.2, 0) is 4.79 Å². The first-order valence-corrected chi connectivity index (χ1v) is 8.93. The molecular weight excluding hydrogens is 416 g/mol. The number of fused-ring (bicyclic) bond motifs is 1.